The second-order valence-corrected chi connectivity index (χ2v) is 8.48. The first-order valence-corrected chi connectivity index (χ1v) is 9.23. The number of aryl methyl sites for hydroxylation is 1. The molecule has 0 radical (unpaired) electrons. The Bertz CT molecular complexity index is 696. The van der Waals surface area contributed by atoms with Crippen LogP contribution in [0.3, 0.4) is 0 Å². The van der Waals surface area contributed by atoms with Gasteiger partial charge in [0.2, 0.25) is 10.0 Å². The lowest BCUT2D eigenvalue weighted by atomic mass is 10.2. The molecule has 6 heteroatoms. The van der Waals surface area contributed by atoms with Crippen molar-refractivity contribution in [3.63, 3.8) is 0 Å². The van der Waals surface area contributed by atoms with Crippen molar-refractivity contribution in [2.45, 2.75) is 24.8 Å². The number of thiophene rings is 1. The first kappa shape index (κ1) is 15.7. The van der Waals surface area contributed by atoms with Gasteiger partial charge in [0.15, 0.2) is 0 Å². The van der Waals surface area contributed by atoms with Gasteiger partial charge in [-0.1, -0.05) is 28.1 Å². The number of hydrogen-bond acceptors (Lipinski definition) is 3. The van der Waals surface area contributed by atoms with Gasteiger partial charge in [0, 0.05) is 16.4 Å². The van der Waals surface area contributed by atoms with Gasteiger partial charge in [-0.3, -0.25) is 0 Å². The van der Waals surface area contributed by atoms with Gasteiger partial charge < -0.3 is 0 Å². The molecule has 2 rings (SSSR count). The van der Waals surface area contributed by atoms with Gasteiger partial charge in [-0.25, -0.2) is 8.42 Å². The Morgan fingerprint density at radius 2 is 2.00 bits per heavy atom. The number of benzene rings is 1. The van der Waals surface area contributed by atoms with Crippen molar-refractivity contribution in [2.24, 2.45) is 0 Å². The fourth-order valence-electron chi connectivity index (χ4n) is 1.92. The maximum Gasteiger partial charge on any atom is 0.243 e. The molecule has 1 atom stereocenters. The van der Waals surface area contributed by atoms with Crippen molar-refractivity contribution < 1.29 is 8.42 Å². The molecule has 0 spiro atoms. The van der Waals surface area contributed by atoms with Gasteiger partial charge in [-0.2, -0.15) is 4.31 Å². The highest BCUT2D eigenvalue weighted by Gasteiger charge is 2.28. The van der Waals surface area contributed by atoms with E-state index >= 15 is 0 Å². The van der Waals surface area contributed by atoms with E-state index < -0.39 is 10.0 Å². The Morgan fingerprint density at radius 1 is 1.30 bits per heavy atom. The smallest absolute Gasteiger partial charge is 0.207 e. The molecule has 0 N–H and O–H groups in total. The predicted molar refractivity (Wildman–Crippen MR) is 86.6 cm³/mol. The van der Waals surface area contributed by atoms with E-state index in [-0.39, 0.29) is 6.04 Å². The summed E-state index contributed by atoms with van der Waals surface area (Å²) in [7, 11) is -1.88. The number of rotatable bonds is 4. The highest BCUT2D eigenvalue weighted by Crippen LogP contribution is 2.30. The lowest BCUT2D eigenvalue weighted by molar-refractivity contribution is 0.402. The fourth-order valence-corrected chi connectivity index (χ4v) is 4.92. The SMILES string of the molecule is Cc1ccc(Br)cc1S(=O)(=O)N(C)C(C)c1cccs1. The molecule has 1 unspecified atom stereocenters. The molecule has 3 nitrogen and oxygen atoms in total. The van der Waals surface area contributed by atoms with E-state index in [0.29, 0.717) is 4.90 Å². The lowest BCUT2D eigenvalue weighted by Crippen LogP contribution is -2.29. The zero-order valence-electron chi connectivity index (χ0n) is 11.5. The van der Waals surface area contributed by atoms with E-state index in [0.717, 1.165) is 14.9 Å². The van der Waals surface area contributed by atoms with E-state index in [2.05, 4.69) is 15.9 Å². The van der Waals surface area contributed by atoms with Crippen molar-refractivity contribution >= 4 is 37.3 Å². The molecule has 0 aliphatic rings. The van der Waals surface area contributed by atoms with Crippen molar-refractivity contribution in [1.29, 1.82) is 0 Å². The summed E-state index contributed by atoms with van der Waals surface area (Å²) in [5.41, 5.74) is 0.749. The fraction of sp³-hybridized carbons (Fsp3) is 0.286. The van der Waals surface area contributed by atoms with Gasteiger partial charge in [0.05, 0.1) is 10.9 Å². The molecule has 0 aliphatic heterocycles. The van der Waals surface area contributed by atoms with Gasteiger partial charge in [-0.15, -0.1) is 11.3 Å². The standard InChI is InChI=1S/C14H16BrNO2S2/c1-10-6-7-12(15)9-14(10)20(17,18)16(3)11(2)13-5-4-8-19-13/h4-9,11H,1-3H3. The van der Waals surface area contributed by atoms with Crippen LogP contribution in [0.2, 0.25) is 0 Å². The summed E-state index contributed by atoms with van der Waals surface area (Å²) >= 11 is 4.90. The topological polar surface area (TPSA) is 37.4 Å². The molecular weight excluding hydrogens is 358 g/mol. The second kappa shape index (κ2) is 5.97. The first-order valence-electron chi connectivity index (χ1n) is 6.11. The zero-order valence-corrected chi connectivity index (χ0v) is 14.7. The molecule has 1 aromatic heterocycles. The molecule has 0 amide bonds. The Morgan fingerprint density at radius 3 is 2.60 bits per heavy atom. The Kier molecular flexibility index (Phi) is 4.69. The summed E-state index contributed by atoms with van der Waals surface area (Å²) in [5.74, 6) is 0. The number of nitrogens with zero attached hydrogens (tertiary/aromatic N) is 1. The monoisotopic (exact) mass is 373 g/mol. The molecule has 2 aromatic rings. The molecule has 0 aliphatic carbocycles. The number of halogens is 1. The highest BCUT2D eigenvalue weighted by atomic mass is 79.9. The van der Waals surface area contributed by atoms with Crippen molar-refractivity contribution in [1.82, 2.24) is 4.31 Å². The van der Waals surface area contributed by atoms with Gasteiger partial charge in [0.25, 0.3) is 0 Å². The summed E-state index contributed by atoms with van der Waals surface area (Å²) in [4.78, 5) is 1.38. The molecule has 1 heterocycles. The van der Waals surface area contributed by atoms with Crippen LogP contribution in [0.1, 0.15) is 23.4 Å². The summed E-state index contributed by atoms with van der Waals surface area (Å²) < 4.78 is 27.7. The summed E-state index contributed by atoms with van der Waals surface area (Å²) in [5, 5.41) is 1.96. The van der Waals surface area contributed by atoms with E-state index in [1.165, 1.54) is 4.31 Å². The minimum absolute atomic E-state index is 0.182. The number of hydrogen-bond donors (Lipinski definition) is 0. The van der Waals surface area contributed by atoms with Gasteiger partial charge in [-0.05, 0) is 43.0 Å². The van der Waals surface area contributed by atoms with Crippen LogP contribution in [0.4, 0.5) is 0 Å². The van der Waals surface area contributed by atoms with E-state index in [9.17, 15) is 8.42 Å². The van der Waals surface area contributed by atoms with Crippen LogP contribution in [-0.4, -0.2) is 19.8 Å². The van der Waals surface area contributed by atoms with E-state index in [1.807, 2.05) is 37.4 Å². The summed E-state index contributed by atoms with van der Waals surface area (Å²) in [6.07, 6.45) is 0. The molecule has 0 bridgehead atoms. The van der Waals surface area contributed by atoms with E-state index in [1.54, 1.807) is 30.5 Å². The van der Waals surface area contributed by atoms with Crippen molar-refractivity contribution in [3.8, 4) is 0 Å². The largest absolute Gasteiger partial charge is 0.243 e. The molecular formula is C14H16BrNO2S2. The predicted octanol–water partition coefficient (Wildman–Crippen LogP) is 4.20. The van der Waals surface area contributed by atoms with E-state index in [4.69, 9.17) is 0 Å². The first-order chi connectivity index (χ1) is 9.34. The molecule has 0 saturated carbocycles. The van der Waals surface area contributed by atoms with Gasteiger partial charge in [0.1, 0.15) is 0 Å². The van der Waals surface area contributed by atoms with Crippen molar-refractivity contribution in [3.05, 3.63) is 50.6 Å². The van der Waals surface area contributed by atoms with Crippen LogP contribution in [0.25, 0.3) is 0 Å². The number of sulfonamides is 1. The third kappa shape index (κ3) is 2.98. The van der Waals surface area contributed by atoms with Crippen molar-refractivity contribution in [2.75, 3.05) is 7.05 Å². The summed E-state index contributed by atoms with van der Waals surface area (Å²) in [6, 6.07) is 9.01. The normalized spacial score (nSPS) is 13.7. The van der Waals surface area contributed by atoms with Crippen LogP contribution in [-0.2, 0) is 10.0 Å². The average molecular weight is 374 g/mol. The quantitative estimate of drug-likeness (QED) is 0.804. The highest BCUT2D eigenvalue weighted by molar-refractivity contribution is 9.10. The average Bonchev–Trinajstić information content (AvgIpc) is 2.93. The van der Waals surface area contributed by atoms with Crippen LogP contribution >= 0.6 is 27.3 Å². The lowest BCUT2D eigenvalue weighted by Gasteiger charge is -2.24. The molecule has 0 fully saturated rings. The molecule has 20 heavy (non-hydrogen) atoms. The zero-order chi connectivity index (χ0) is 14.9. The molecule has 0 saturated heterocycles. The minimum atomic E-state index is -3.51. The maximum atomic E-state index is 12.8. The third-order valence-corrected chi connectivity index (χ3v) is 6.91. The Hall–Kier alpha value is -0.690. The minimum Gasteiger partial charge on any atom is -0.207 e. The van der Waals surface area contributed by atoms with Crippen LogP contribution in [0, 0.1) is 6.92 Å². The van der Waals surface area contributed by atoms with Crippen LogP contribution in [0.5, 0.6) is 0 Å². The Labute approximate surface area is 132 Å². The molecule has 108 valence electrons. The maximum absolute atomic E-state index is 12.8. The van der Waals surface area contributed by atoms with Crippen LogP contribution in [0.15, 0.2) is 45.1 Å². The Balaban J connectivity index is 2.42. The molecule has 1 aromatic carbocycles. The van der Waals surface area contributed by atoms with Gasteiger partial charge >= 0.3 is 0 Å². The third-order valence-electron chi connectivity index (χ3n) is 3.31. The van der Waals surface area contributed by atoms with Crippen LogP contribution < -0.4 is 0 Å². The summed E-state index contributed by atoms with van der Waals surface area (Å²) in [6.45, 7) is 3.71. The second-order valence-electron chi connectivity index (χ2n) is 4.62.